The molecular formula is C14H12ClN3O2S. The van der Waals surface area contributed by atoms with Crippen molar-refractivity contribution in [2.24, 2.45) is 0 Å². The number of halogens is 1. The first-order valence-corrected chi connectivity index (χ1v) is 7.42. The van der Waals surface area contributed by atoms with Gasteiger partial charge in [-0.25, -0.2) is 0 Å². The fraction of sp³-hybridized carbons (Fsp3) is 0.143. The number of hydrogen-bond donors (Lipinski definition) is 2. The van der Waals surface area contributed by atoms with E-state index < -0.39 is 0 Å². The fourth-order valence-electron chi connectivity index (χ4n) is 2.00. The number of nitrogen functional groups attached to an aromatic ring is 1. The molecule has 1 amide bonds. The third-order valence-electron chi connectivity index (χ3n) is 2.99. The molecule has 3 aromatic rings. The smallest absolute Gasteiger partial charge is 0.263 e. The average molecular weight is 322 g/mol. The van der Waals surface area contributed by atoms with E-state index in [4.69, 9.17) is 21.9 Å². The van der Waals surface area contributed by atoms with Crippen LogP contribution in [0.3, 0.4) is 0 Å². The standard InChI is InChI=1S/C14H12ClN3O2S/c1-7-4-9(20-18-7)6-17-14(19)13-12(16)10-5-8(15)2-3-11(10)21-13/h2-5H,6,16H2,1H3,(H,17,19). The molecule has 7 heteroatoms. The molecule has 3 rings (SSSR count). The zero-order valence-corrected chi connectivity index (χ0v) is 12.7. The Bertz CT molecular complexity index is 825. The molecule has 0 aliphatic rings. The summed E-state index contributed by atoms with van der Waals surface area (Å²) in [5, 5.41) is 7.93. The highest BCUT2D eigenvalue weighted by molar-refractivity contribution is 7.21. The van der Waals surface area contributed by atoms with Crippen molar-refractivity contribution in [3.63, 3.8) is 0 Å². The number of carbonyl (C=O) groups is 1. The van der Waals surface area contributed by atoms with Gasteiger partial charge in [-0.1, -0.05) is 16.8 Å². The molecule has 21 heavy (non-hydrogen) atoms. The molecule has 2 aromatic heterocycles. The number of thiophene rings is 1. The van der Waals surface area contributed by atoms with Crippen molar-refractivity contribution in [1.29, 1.82) is 0 Å². The number of amides is 1. The largest absolute Gasteiger partial charge is 0.397 e. The first-order chi connectivity index (χ1) is 10.0. The Morgan fingerprint density at radius 3 is 3.00 bits per heavy atom. The predicted octanol–water partition coefficient (Wildman–Crippen LogP) is 3.36. The lowest BCUT2D eigenvalue weighted by Crippen LogP contribution is -2.22. The van der Waals surface area contributed by atoms with E-state index in [1.165, 1.54) is 11.3 Å². The minimum absolute atomic E-state index is 0.237. The normalized spacial score (nSPS) is 11.0. The number of rotatable bonds is 3. The van der Waals surface area contributed by atoms with E-state index in [0.717, 1.165) is 15.8 Å². The van der Waals surface area contributed by atoms with Crippen molar-refractivity contribution in [2.75, 3.05) is 5.73 Å². The van der Waals surface area contributed by atoms with Crippen LogP contribution in [0.15, 0.2) is 28.8 Å². The maximum absolute atomic E-state index is 12.2. The molecule has 0 aliphatic carbocycles. The second-order valence-corrected chi connectivity index (χ2v) is 6.09. The number of hydrogen-bond acceptors (Lipinski definition) is 5. The molecule has 0 radical (unpaired) electrons. The summed E-state index contributed by atoms with van der Waals surface area (Å²) in [6, 6.07) is 7.17. The molecule has 5 nitrogen and oxygen atoms in total. The van der Waals surface area contributed by atoms with E-state index in [-0.39, 0.29) is 12.5 Å². The van der Waals surface area contributed by atoms with E-state index in [2.05, 4.69) is 10.5 Å². The minimum Gasteiger partial charge on any atom is -0.397 e. The topological polar surface area (TPSA) is 81.2 Å². The highest BCUT2D eigenvalue weighted by Gasteiger charge is 2.16. The molecule has 0 saturated heterocycles. The molecule has 0 aliphatic heterocycles. The number of aromatic nitrogens is 1. The van der Waals surface area contributed by atoms with Gasteiger partial charge in [-0.3, -0.25) is 4.79 Å². The Morgan fingerprint density at radius 2 is 2.29 bits per heavy atom. The molecule has 0 atom stereocenters. The van der Waals surface area contributed by atoms with Crippen LogP contribution in [0.5, 0.6) is 0 Å². The van der Waals surface area contributed by atoms with Gasteiger partial charge in [-0.05, 0) is 25.1 Å². The van der Waals surface area contributed by atoms with Crippen molar-refractivity contribution in [1.82, 2.24) is 10.5 Å². The molecule has 1 aromatic carbocycles. The lowest BCUT2D eigenvalue weighted by molar-refractivity contribution is 0.0952. The highest BCUT2D eigenvalue weighted by atomic mass is 35.5. The molecule has 0 fully saturated rings. The van der Waals surface area contributed by atoms with Crippen LogP contribution in [-0.2, 0) is 6.54 Å². The van der Waals surface area contributed by atoms with Crippen molar-refractivity contribution in [3.05, 3.63) is 45.6 Å². The van der Waals surface area contributed by atoms with Crippen LogP contribution in [0.25, 0.3) is 10.1 Å². The quantitative estimate of drug-likeness (QED) is 0.775. The Labute approximate surface area is 129 Å². The number of nitrogens with zero attached hydrogens (tertiary/aromatic N) is 1. The molecular weight excluding hydrogens is 310 g/mol. The number of nitrogens with one attached hydrogen (secondary N) is 1. The Morgan fingerprint density at radius 1 is 1.48 bits per heavy atom. The van der Waals surface area contributed by atoms with Crippen molar-refractivity contribution in [3.8, 4) is 0 Å². The summed E-state index contributed by atoms with van der Waals surface area (Å²) in [4.78, 5) is 12.7. The van der Waals surface area contributed by atoms with Crippen LogP contribution >= 0.6 is 22.9 Å². The average Bonchev–Trinajstić information content (AvgIpc) is 3.01. The third-order valence-corrected chi connectivity index (χ3v) is 4.42. The number of carbonyl (C=O) groups excluding carboxylic acids is 1. The van der Waals surface area contributed by atoms with Gasteiger partial charge >= 0.3 is 0 Å². The number of nitrogens with two attached hydrogens (primary N) is 1. The number of fused-ring (bicyclic) bond motifs is 1. The first kappa shape index (κ1) is 13.9. The van der Waals surface area contributed by atoms with Crippen molar-refractivity contribution < 1.29 is 9.32 Å². The maximum atomic E-state index is 12.2. The summed E-state index contributed by atoms with van der Waals surface area (Å²) < 4.78 is 5.97. The molecule has 108 valence electrons. The van der Waals surface area contributed by atoms with Crippen molar-refractivity contribution >= 4 is 44.6 Å². The minimum atomic E-state index is -0.237. The third kappa shape index (κ3) is 2.72. The van der Waals surface area contributed by atoms with Gasteiger partial charge in [0.25, 0.3) is 5.91 Å². The number of aryl methyl sites for hydroxylation is 1. The summed E-state index contributed by atoms with van der Waals surface area (Å²) in [7, 11) is 0. The van der Waals surface area contributed by atoms with Crippen LogP contribution in [0.2, 0.25) is 5.02 Å². The maximum Gasteiger partial charge on any atom is 0.263 e. The second kappa shape index (κ2) is 5.38. The van der Waals surface area contributed by atoms with Gasteiger partial charge in [0.2, 0.25) is 0 Å². The Balaban J connectivity index is 1.82. The van der Waals surface area contributed by atoms with Crippen molar-refractivity contribution in [2.45, 2.75) is 13.5 Å². The SMILES string of the molecule is Cc1cc(CNC(=O)c2sc3ccc(Cl)cc3c2N)on1. The number of benzene rings is 1. The van der Waals surface area contributed by atoms with Gasteiger partial charge < -0.3 is 15.6 Å². The van der Waals surface area contributed by atoms with Crippen LogP contribution in [0, 0.1) is 6.92 Å². The van der Waals surface area contributed by atoms with Crippen LogP contribution in [0.4, 0.5) is 5.69 Å². The monoisotopic (exact) mass is 321 g/mol. The molecule has 0 saturated carbocycles. The predicted molar refractivity (Wildman–Crippen MR) is 83.7 cm³/mol. The van der Waals surface area contributed by atoms with Crippen LogP contribution in [0.1, 0.15) is 21.1 Å². The summed E-state index contributed by atoms with van der Waals surface area (Å²) in [6.07, 6.45) is 0. The molecule has 0 bridgehead atoms. The second-order valence-electron chi connectivity index (χ2n) is 4.60. The first-order valence-electron chi connectivity index (χ1n) is 6.22. The molecule has 0 spiro atoms. The van der Waals surface area contributed by atoms with E-state index in [1.807, 2.05) is 13.0 Å². The van der Waals surface area contributed by atoms with Crippen LogP contribution < -0.4 is 11.1 Å². The summed E-state index contributed by atoms with van der Waals surface area (Å²) in [5.74, 6) is 0.363. The highest BCUT2D eigenvalue weighted by Crippen LogP contribution is 2.35. The fourth-order valence-corrected chi connectivity index (χ4v) is 3.20. The lowest BCUT2D eigenvalue weighted by Gasteiger charge is -2.01. The van der Waals surface area contributed by atoms with Gasteiger partial charge in [-0.15, -0.1) is 11.3 Å². The van der Waals surface area contributed by atoms with E-state index >= 15 is 0 Å². The molecule has 0 unspecified atom stereocenters. The van der Waals surface area contributed by atoms with E-state index in [1.54, 1.807) is 18.2 Å². The zero-order chi connectivity index (χ0) is 15.0. The number of anilines is 1. The zero-order valence-electron chi connectivity index (χ0n) is 11.1. The Hall–Kier alpha value is -2.05. The van der Waals surface area contributed by atoms with E-state index in [0.29, 0.717) is 21.3 Å². The van der Waals surface area contributed by atoms with E-state index in [9.17, 15) is 4.79 Å². The summed E-state index contributed by atoms with van der Waals surface area (Å²) >= 11 is 7.29. The Kier molecular flexibility index (Phi) is 3.57. The lowest BCUT2D eigenvalue weighted by atomic mass is 10.2. The molecule has 2 heterocycles. The van der Waals surface area contributed by atoms with Crippen LogP contribution in [-0.4, -0.2) is 11.1 Å². The van der Waals surface area contributed by atoms with Gasteiger partial charge in [0.1, 0.15) is 4.88 Å². The van der Waals surface area contributed by atoms with Gasteiger partial charge in [0.15, 0.2) is 5.76 Å². The van der Waals surface area contributed by atoms with Gasteiger partial charge in [0.05, 0.1) is 17.9 Å². The van der Waals surface area contributed by atoms with Gasteiger partial charge in [0, 0.05) is 21.2 Å². The molecule has 3 N–H and O–H groups in total. The summed E-state index contributed by atoms with van der Waals surface area (Å²) in [6.45, 7) is 2.09. The summed E-state index contributed by atoms with van der Waals surface area (Å²) in [5.41, 5.74) is 7.26. The van der Waals surface area contributed by atoms with Gasteiger partial charge in [-0.2, -0.15) is 0 Å².